The Bertz CT molecular complexity index is 490. The van der Waals surface area contributed by atoms with Crippen molar-refractivity contribution in [3.05, 3.63) is 41.2 Å². The average molecular weight is 265 g/mol. The number of hydrogen-bond acceptors (Lipinski definition) is 5. The van der Waals surface area contributed by atoms with Crippen molar-refractivity contribution in [2.45, 2.75) is 18.5 Å². The summed E-state index contributed by atoms with van der Waals surface area (Å²) in [5.41, 5.74) is 2.45. The summed E-state index contributed by atoms with van der Waals surface area (Å²) in [6.07, 6.45) is 5.27. The molecule has 5 nitrogen and oxygen atoms in total. The van der Waals surface area contributed by atoms with Gasteiger partial charge >= 0.3 is 0 Å². The average Bonchev–Trinajstić information content (AvgIpc) is 2.47. The van der Waals surface area contributed by atoms with Gasteiger partial charge in [-0.1, -0.05) is 0 Å². The van der Waals surface area contributed by atoms with Gasteiger partial charge in [0, 0.05) is 40.2 Å². The van der Waals surface area contributed by atoms with Crippen molar-refractivity contribution in [2.24, 2.45) is 0 Å². The number of nitrogens with zero attached hydrogens (tertiary/aromatic N) is 1. The number of pyridine rings is 1. The van der Waals surface area contributed by atoms with Gasteiger partial charge < -0.3 is 18.9 Å². The number of aromatic nitrogens is 1. The Morgan fingerprint density at radius 1 is 0.895 bits per heavy atom. The number of ether oxygens (including phenoxy) is 4. The number of hydrogen-bond donors (Lipinski definition) is 0. The zero-order valence-corrected chi connectivity index (χ0v) is 11.9. The fourth-order valence-corrected chi connectivity index (χ4v) is 2.48. The first-order chi connectivity index (χ1) is 9.09. The van der Waals surface area contributed by atoms with Crippen LogP contribution in [0.4, 0.5) is 0 Å². The quantitative estimate of drug-likeness (QED) is 0.614. The van der Waals surface area contributed by atoms with Crippen molar-refractivity contribution >= 4 is 0 Å². The van der Waals surface area contributed by atoms with E-state index >= 15 is 0 Å². The largest absolute Gasteiger partial charge is 0.346 e. The molecule has 0 fully saturated rings. The van der Waals surface area contributed by atoms with Crippen LogP contribution in [0.5, 0.6) is 0 Å². The predicted octanol–water partition coefficient (Wildman–Crippen LogP) is 1.85. The maximum atomic E-state index is 5.56. The maximum Gasteiger partial charge on any atom is 0.232 e. The second-order valence-corrected chi connectivity index (χ2v) is 4.34. The molecule has 1 aromatic rings. The van der Waals surface area contributed by atoms with E-state index in [9.17, 15) is 0 Å². The van der Waals surface area contributed by atoms with Crippen molar-refractivity contribution in [1.82, 2.24) is 4.98 Å². The van der Waals surface area contributed by atoms with Crippen LogP contribution in [0.2, 0.25) is 0 Å². The minimum Gasteiger partial charge on any atom is -0.346 e. The lowest BCUT2D eigenvalue weighted by molar-refractivity contribution is -0.213. The SMILES string of the molecule is COC1(OC)C=CC(OC)(OC)c2c(C)ccnc21. The summed E-state index contributed by atoms with van der Waals surface area (Å²) in [6, 6.07) is 1.90. The smallest absolute Gasteiger partial charge is 0.232 e. The van der Waals surface area contributed by atoms with Crippen molar-refractivity contribution in [2.75, 3.05) is 28.4 Å². The van der Waals surface area contributed by atoms with E-state index in [2.05, 4.69) is 4.98 Å². The van der Waals surface area contributed by atoms with Gasteiger partial charge in [0.05, 0.1) is 0 Å². The van der Waals surface area contributed by atoms with Crippen LogP contribution in [0.3, 0.4) is 0 Å². The van der Waals surface area contributed by atoms with E-state index in [0.717, 1.165) is 11.1 Å². The molecular formula is C14H19NO4. The third kappa shape index (κ3) is 1.90. The Labute approximate surface area is 113 Å². The van der Waals surface area contributed by atoms with Gasteiger partial charge in [0.25, 0.3) is 0 Å². The lowest BCUT2D eigenvalue weighted by Gasteiger charge is -2.40. The Balaban J connectivity index is 2.75. The first kappa shape index (κ1) is 14.1. The Morgan fingerprint density at radius 2 is 1.42 bits per heavy atom. The van der Waals surface area contributed by atoms with Gasteiger partial charge in [-0.15, -0.1) is 0 Å². The first-order valence-corrected chi connectivity index (χ1v) is 5.96. The number of methoxy groups -OCH3 is 4. The summed E-state index contributed by atoms with van der Waals surface area (Å²) in [5.74, 6) is -1.98. The minimum absolute atomic E-state index is 0.642. The third-order valence-corrected chi connectivity index (χ3v) is 3.57. The van der Waals surface area contributed by atoms with E-state index in [1.54, 1.807) is 46.8 Å². The van der Waals surface area contributed by atoms with Crippen LogP contribution < -0.4 is 0 Å². The van der Waals surface area contributed by atoms with Gasteiger partial charge in [0.2, 0.25) is 11.6 Å². The van der Waals surface area contributed by atoms with Crippen LogP contribution >= 0.6 is 0 Å². The molecule has 1 aromatic heterocycles. The zero-order valence-electron chi connectivity index (χ0n) is 11.9. The van der Waals surface area contributed by atoms with Gasteiger partial charge in [-0.2, -0.15) is 0 Å². The molecule has 0 atom stereocenters. The number of aryl methyl sites for hydroxylation is 1. The summed E-state index contributed by atoms with van der Waals surface area (Å²) in [6.45, 7) is 1.97. The molecule has 0 spiro atoms. The second kappa shape index (κ2) is 5.02. The fraction of sp³-hybridized carbons (Fsp3) is 0.500. The van der Waals surface area contributed by atoms with Gasteiger partial charge in [-0.05, 0) is 30.7 Å². The van der Waals surface area contributed by atoms with Gasteiger partial charge in [-0.25, -0.2) is 0 Å². The standard InChI is InChI=1S/C14H19NO4/c1-10-6-9-15-12-11(10)13(16-2,17-3)7-8-14(12,18-4)19-5/h6-9H,1-5H3. The highest BCUT2D eigenvalue weighted by Crippen LogP contribution is 2.43. The van der Waals surface area contributed by atoms with Crippen LogP contribution in [-0.2, 0) is 30.5 Å². The van der Waals surface area contributed by atoms with Gasteiger partial charge in [0.15, 0.2) is 0 Å². The van der Waals surface area contributed by atoms with E-state index in [1.165, 1.54) is 0 Å². The Morgan fingerprint density at radius 3 is 1.95 bits per heavy atom. The van der Waals surface area contributed by atoms with Crippen LogP contribution in [0.1, 0.15) is 16.8 Å². The lowest BCUT2D eigenvalue weighted by atomic mass is 9.88. The highest BCUT2D eigenvalue weighted by molar-refractivity contribution is 5.43. The van der Waals surface area contributed by atoms with E-state index in [1.807, 2.05) is 13.0 Å². The van der Waals surface area contributed by atoms with Crippen molar-refractivity contribution in [3.8, 4) is 0 Å². The van der Waals surface area contributed by atoms with E-state index in [4.69, 9.17) is 18.9 Å². The topological polar surface area (TPSA) is 49.8 Å². The molecule has 5 heteroatoms. The number of fused-ring (bicyclic) bond motifs is 1. The molecular weight excluding hydrogens is 246 g/mol. The monoisotopic (exact) mass is 265 g/mol. The molecule has 0 bridgehead atoms. The van der Waals surface area contributed by atoms with Crippen LogP contribution in [-0.4, -0.2) is 33.4 Å². The molecule has 0 aliphatic heterocycles. The van der Waals surface area contributed by atoms with Crippen LogP contribution in [0, 0.1) is 6.92 Å². The Hall–Kier alpha value is -1.27. The molecule has 1 heterocycles. The van der Waals surface area contributed by atoms with Gasteiger partial charge in [0.1, 0.15) is 5.69 Å². The Kier molecular flexibility index (Phi) is 3.73. The summed E-state index contributed by atoms with van der Waals surface area (Å²) in [5, 5.41) is 0. The molecule has 0 N–H and O–H groups in total. The highest BCUT2D eigenvalue weighted by Gasteiger charge is 2.46. The molecule has 1 aliphatic carbocycles. The molecule has 0 amide bonds. The van der Waals surface area contributed by atoms with E-state index in [0.29, 0.717) is 5.69 Å². The van der Waals surface area contributed by atoms with Crippen molar-refractivity contribution < 1.29 is 18.9 Å². The first-order valence-electron chi connectivity index (χ1n) is 5.96. The summed E-state index contributed by atoms with van der Waals surface area (Å²) < 4.78 is 22.1. The lowest BCUT2D eigenvalue weighted by Crippen LogP contribution is -2.42. The molecule has 104 valence electrons. The van der Waals surface area contributed by atoms with E-state index in [-0.39, 0.29) is 0 Å². The summed E-state index contributed by atoms with van der Waals surface area (Å²) in [4.78, 5) is 4.41. The van der Waals surface area contributed by atoms with Crippen molar-refractivity contribution in [1.29, 1.82) is 0 Å². The van der Waals surface area contributed by atoms with Crippen LogP contribution in [0.15, 0.2) is 24.4 Å². The molecule has 0 aromatic carbocycles. The van der Waals surface area contributed by atoms with Crippen LogP contribution in [0.25, 0.3) is 0 Å². The molecule has 2 rings (SSSR count). The molecule has 19 heavy (non-hydrogen) atoms. The highest BCUT2D eigenvalue weighted by atomic mass is 16.7. The fourth-order valence-electron chi connectivity index (χ4n) is 2.48. The molecule has 0 saturated carbocycles. The molecule has 0 unspecified atom stereocenters. The minimum atomic E-state index is -1.01. The normalized spacial score (nSPS) is 19.2. The van der Waals surface area contributed by atoms with Gasteiger partial charge in [-0.3, -0.25) is 4.98 Å². The van der Waals surface area contributed by atoms with Crippen molar-refractivity contribution in [3.63, 3.8) is 0 Å². The number of rotatable bonds is 4. The summed E-state index contributed by atoms with van der Waals surface area (Å²) in [7, 11) is 6.34. The maximum absolute atomic E-state index is 5.56. The molecule has 0 radical (unpaired) electrons. The molecule has 0 saturated heterocycles. The predicted molar refractivity (Wildman–Crippen MR) is 69.5 cm³/mol. The third-order valence-electron chi connectivity index (χ3n) is 3.57. The second-order valence-electron chi connectivity index (χ2n) is 4.34. The zero-order chi connectivity index (χ0) is 14.1. The van der Waals surface area contributed by atoms with E-state index < -0.39 is 11.6 Å². The molecule has 1 aliphatic rings. The summed E-state index contributed by atoms with van der Waals surface area (Å²) >= 11 is 0.